The molecule has 0 radical (unpaired) electrons. The first-order valence-electron chi connectivity index (χ1n) is 9.67. The Hall–Kier alpha value is -4.26. The lowest BCUT2D eigenvalue weighted by Gasteiger charge is -2.09. The highest BCUT2D eigenvalue weighted by molar-refractivity contribution is 7.92. The van der Waals surface area contributed by atoms with Crippen molar-refractivity contribution in [2.45, 2.75) is 25.3 Å². The van der Waals surface area contributed by atoms with Gasteiger partial charge >= 0.3 is 0 Å². The van der Waals surface area contributed by atoms with Crippen LogP contribution < -0.4 is 15.6 Å². The quantitative estimate of drug-likeness (QED) is 0.412. The van der Waals surface area contributed by atoms with Crippen LogP contribution in [-0.2, 0) is 21.4 Å². The van der Waals surface area contributed by atoms with Crippen LogP contribution in [0.5, 0.6) is 0 Å². The molecule has 2 N–H and O–H groups in total. The molecule has 0 unspecified atom stereocenters. The number of sulfonamides is 1. The molecule has 1 amide bonds. The predicted octanol–water partition coefficient (Wildman–Crippen LogP) is 1.47. The largest absolute Gasteiger partial charge is 0.337 e. The molecule has 0 fully saturated rings. The molecule has 0 aliphatic carbocycles. The first-order valence-corrected chi connectivity index (χ1v) is 11.1. The highest BCUT2D eigenvalue weighted by Gasteiger charge is 2.19. The van der Waals surface area contributed by atoms with Gasteiger partial charge in [-0.05, 0) is 50.2 Å². The van der Waals surface area contributed by atoms with Gasteiger partial charge in [0, 0.05) is 29.7 Å². The van der Waals surface area contributed by atoms with Crippen molar-refractivity contribution in [2.24, 2.45) is 0 Å². The summed E-state index contributed by atoms with van der Waals surface area (Å²) < 4.78 is 34.9. The molecule has 12 nitrogen and oxygen atoms in total. The van der Waals surface area contributed by atoms with Gasteiger partial charge in [-0.15, -0.1) is 5.10 Å². The van der Waals surface area contributed by atoms with E-state index in [-0.39, 0.29) is 17.3 Å². The first kappa shape index (κ1) is 22.0. The van der Waals surface area contributed by atoms with Crippen molar-refractivity contribution in [3.63, 3.8) is 0 Å². The molecule has 1 aromatic carbocycles. The topological polar surface area (TPSA) is 154 Å². The maximum absolute atomic E-state index is 12.6. The average molecular weight is 469 g/mol. The Balaban J connectivity index is 1.44. The second-order valence-electron chi connectivity index (χ2n) is 7.04. The van der Waals surface area contributed by atoms with E-state index < -0.39 is 21.5 Å². The molecule has 13 heteroatoms. The fourth-order valence-corrected chi connectivity index (χ4v) is 3.87. The predicted molar refractivity (Wildman–Crippen MR) is 117 cm³/mol. The molecule has 0 saturated carbocycles. The van der Waals surface area contributed by atoms with E-state index in [9.17, 15) is 18.0 Å². The van der Waals surface area contributed by atoms with Crippen LogP contribution in [0.15, 0.2) is 69.1 Å². The number of rotatable bonds is 7. The van der Waals surface area contributed by atoms with Crippen molar-refractivity contribution in [3.05, 3.63) is 76.5 Å². The van der Waals surface area contributed by atoms with Gasteiger partial charge in [0.05, 0.1) is 10.6 Å². The van der Waals surface area contributed by atoms with Crippen LogP contribution in [0.2, 0.25) is 0 Å². The van der Waals surface area contributed by atoms with Gasteiger partial charge in [-0.2, -0.15) is 5.10 Å². The highest BCUT2D eigenvalue weighted by Crippen LogP contribution is 2.22. The Labute approximate surface area is 187 Å². The van der Waals surface area contributed by atoms with Gasteiger partial charge in [-0.1, -0.05) is 5.16 Å². The number of nitrogens with one attached hydrogen (secondary N) is 2. The minimum Gasteiger partial charge on any atom is -0.337 e. The Bertz CT molecular complexity index is 1460. The summed E-state index contributed by atoms with van der Waals surface area (Å²) in [5.74, 6) is -0.0875. The van der Waals surface area contributed by atoms with E-state index >= 15 is 0 Å². The summed E-state index contributed by atoms with van der Waals surface area (Å²) in [5, 5.41) is 14.5. The van der Waals surface area contributed by atoms with Gasteiger partial charge in [0.15, 0.2) is 5.82 Å². The number of benzene rings is 1. The maximum atomic E-state index is 12.6. The number of aromatic nitrogens is 5. The summed E-state index contributed by atoms with van der Waals surface area (Å²) in [4.78, 5) is 24.4. The molecule has 4 aromatic rings. The molecule has 0 spiro atoms. The molecule has 0 aliphatic rings. The van der Waals surface area contributed by atoms with Crippen LogP contribution in [0, 0.1) is 13.8 Å². The summed E-state index contributed by atoms with van der Waals surface area (Å²) in [5.41, 5.74) is 1.06. The summed E-state index contributed by atoms with van der Waals surface area (Å²) >= 11 is 0. The van der Waals surface area contributed by atoms with Gasteiger partial charge in [0.25, 0.3) is 15.6 Å². The maximum Gasteiger partial charge on any atom is 0.267 e. The fourth-order valence-electron chi connectivity index (χ4n) is 2.82. The third kappa shape index (κ3) is 4.82. The Kier molecular flexibility index (Phi) is 5.79. The van der Waals surface area contributed by atoms with Crippen LogP contribution in [-0.4, -0.2) is 39.0 Å². The normalized spacial score (nSPS) is 11.3. The number of amides is 1. The van der Waals surface area contributed by atoms with Crippen molar-refractivity contribution in [1.82, 2.24) is 24.7 Å². The molecule has 0 atom stereocenters. The molecular weight excluding hydrogens is 450 g/mol. The number of carbonyl (C=O) groups is 1. The zero-order chi connectivity index (χ0) is 23.6. The van der Waals surface area contributed by atoms with Crippen LogP contribution in [0.25, 0.3) is 5.82 Å². The number of hydrogen-bond donors (Lipinski definition) is 2. The van der Waals surface area contributed by atoms with E-state index in [1.807, 2.05) is 0 Å². The average Bonchev–Trinajstić information content (AvgIpc) is 3.42. The lowest BCUT2D eigenvalue weighted by molar-refractivity contribution is -0.117. The van der Waals surface area contributed by atoms with Gasteiger partial charge in [-0.3, -0.25) is 9.59 Å². The van der Waals surface area contributed by atoms with Gasteiger partial charge in [0.1, 0.15) is 6.54 Å². The third-order valence-electron chi connectivity index (χ3n) is 4.72. The Morgan fingerprint density at radius 2 is 1.88 bits per heavy atom. The molecule has 0 aliphatic heterocycles. The molecular formula is C20H19N7O5S. The second-order valence-corrected chi connectivity index (χ2v) is 8.72. The molecule has 33 heavy (non-hydrogen) atoms. The molecule has 3 heterocycles. The van der Waals surface area contributed by atoms with Crippen molar-refractivity contribution >= 4 is 27.5 Å². The smallest absolute Gasteiger partial charge is 0.267 e. The lowest BCUT2D eigenvalue weighted by Crippen LogP contribution is -2.30. The van der Waals surface area contributed by atoms with Gasteiger partial charge < -0.3 is 9.84 Å². The number of hydrogen-bond acceptors (Lipinski definition) is 8. The number of nitrogens with zero attached hydrogens (tertiary/aromatic N) is 5. The van der Waals surface area contributed by atoms with Gasteiger partial charge in [-0.25, -0.2) is 22.5 Å². The van der Waals surface area contributed by atoms with Crippen LogP contribution >= 0.6 is 0 Å². The Morgan fingerprint density at radius 1 is 1.12 bits per heavy atom. The molecule has 0 saturated heterocycles. The summed E-state index contributed by atoms with van der Waals surface area (Å²) in [7, 11) is -3.91. The number of carbonyl (C=O) groups excluding carboxylic acids is 1. The second kappa shape index (κ2) is 8.70. The number of aryl methyl sites for hydroxylation is 1. The fraction of sp³-hybridized carbons (Fsp3) is 0.150. The van der Waals surface area contributed by atoms with E-state index in [1.54, 1.807) is 32.3 Å². The third-order valence-corrected chi connectivity index (χ3v) is 6.06. The lowest BCUT2D eigenvalue weighted by atomic mass is 10.3. The summed E-state index contributed by atoms with van der Waals surface area (Å²) in [6, 6.07) is 10.0. The van der Waals surface area contributed by atoms with Crippen molar-refractivity contribution in [3.8, 4) is 5.82 Å². The van der Waals surface area contributed by atoms with E-state index in [2.05, 4.69) is 25.4 Å². The van der Waals surface area contributed by atoms with Crippen molar-refractivity contribution in [1.29, 1.82) is 0 Å². The minimum absolute atomic E-state index is 0.0289. The van der Waals surface area contributed by atoms with E-state index in [0.29, 0.717) is 22.8 Å². The summed E-state index contributed by atoms with van der Waals surface area (Å²) in [6.45, 7) is 3.05. The zero-order valence-electron chi connectivity index (χ0n) is 17.6. The standard InChI is InChI=1S/C20H19N7O5S/c1-13-14(2)24-32-20(13)25-33(30,31)16-6-4-15(5-7-16)22-18(28)12-27-19(29)9-8-17(23-27)26-11-3-10-21-26/h3-11,25H,12H2,1-2H3,(H,22,28). The van der Waals surface area contributed by atoms with Crippen molar-refractivity contribution in [2.75, 3.05) is 10.0 Å². The zero-order valence-corrected chi connectivity index (χ0v) is 18.4. The number of anilines is 2. The van der Waals surface area contributed by atoms with E-state index in [1.165, 1.54) is 41.1 Å². The van der Waals surface area contributed by atoms with Crippen LogP contribution in [0.3, 0.4) is 0 Å². The van der Waals surface area contributed by atoms with Crippen molar-refractivity contribution < 1.29 is 17.7 Å². The van der Waals surface area contributed by atoms with Crippen LogP contribution in [0.1, 0.15) is 11.3 Å². The molecule has 0 bridgehead atoms. The summed E-state index contributed by atoms with van der Waals surface area (Å²) in [6.07, 6.45) is 3.23. The minimum atomic E-state index is -3.91. The molecule has 170 valence electrons. The first-order chi connectivity index (χ1) is 15.7. The highest BCUT2D eigenvalue weighted by atomic mass is 32.2. The monoisotopic (exact) mass is 469 g/mol. The molecule has 3 aromatic heterocycles. The van der Waals surface area contributed by atoms with Crippen LogP contribution in [0.4, 0.5) is 11.6 Å². The molecule has 4 rings (SSSR count). The Morgan fingerprint density at radius 3 is 2.52 bits per heavy atom. The SMILES string of the molecule is Cc1noc(NS(=O)(=O)c2ccc(NC(=O)Cn3nc(-n4cccn4)ccc3=O)cc2)c1C. The van der Waals surface area contributed by atoms with E-state index in [0.717, 1.165) is 4.68 Å². The van der Waals surface area contributed by atoms with Gasteiger partial charge in [0.2, 0.25) is 11.8 Å². The van der Waals surface area contributed by atoms with E-state index in [4.69, 9.17) is 4.52 Å².